The van der Waals surface area contributed by atoms with Gasteiger partial charge in [-0.1, -0.05) is 23.2 Å². The second-order valence-electron chi connectivity index (χ2n) is 2.15. The van der Waals surface area contributed by atoms with Crippen LogP contribution in [0.15, 0.2) is 23.1 Å². The van der Waals surface area contributed by atoms with Crippen molar-refractivity contribution in [1.29, 1.82) is 0 Å². The van der Waals surface area contributed by atoms with E-state index in [1.807, 2.05) is 0 Å². The lowest BCUT2D eigenvalue weighted by atomic mass is 10.4. The summed E-state index contributed by atoms with van der Waals surface area (Å²) in [5, 5.41) is 0.388. The summed E-state index contributed by atoms with van der Waals surface area (Å²) in [7, 11) is 0. The van der Waals surface area contributed by atoms with Gasteiger partial charge in [-0.2, -0.15) is 13.2 Å². The van der Waals surface area contributed by atoms with Crippen LogP contribution in [-0.2, 0) is 0 Å². The molecule has 0 aliphatic carbocycles. The van der Waals surface area contributed by atoms with Gasteiger partial charge in [0, 0.05) is 14.9 Å². The second-order valence-corrected chi connectivity index (χ2v) is 4.16. The molecule has 0 amide bonds. The van der Waals surface area contributed by atoms with Gasteiger partial charge in [0.15, 0.2) is 0 Å². The van der Waals surface area contributed by atoms with Crippen LogP contribution in [-0.4, -0.2) is 5.51 Å². The molecule has 0 aromatic heterocycles. The average Bonchev–Trinajstić information content (AvgIpc) is 1.78. The number of benzene rings is 1. The van der Waals surface area contributed by atoms with Gasteiger partial charge in [-0.3, -0.25) is 0 Å². The third-order valence-electron chi connectivity index (χ3n) is 1.07. The van der Waals surface area contributed by atoms with E-state index in [1.165, 1.54) is 18.2 Å². The fourth-order valence-corrected chi connectivity index (χ4v) is 2.02. The first kappa shape index (κ1) is 11.0. The molecule has 0 saturated carbocycles. The third kappa shape index (κ3) is 4.11. The standard InChI is InChI=1S/C7H3Cl2F3S/c8-4-1-5(9)3-6(2-4)13-7(10,11)12/h1-3H. The SMILES string of the molecule is FC(F)(F)Sc1cc(Cl)cc(Cl)c1. The monoisotopic (exact) mass is 246 g/mol. The lowest BCUT2D eigenvalue weighted by Gasteiger charge is -2.05. The molecule has 0 saturated heterocycles. The quantitative estimate of drug-likeness (QED) is 0.653. The fraction of sp³-hybridized carbons (Fsp3) is 0.143. The van der Waals surface area contributed by atoms with Crippen molar-refractivity contribution in [2.24, 2.45) is 0 Å². The van der Waals surface area contributed by atoms with Gasteiger partial charge in [-0.15, -0.1) is 0 Å². The molecule has 0 nitrogen and oxygen atoms in total. The van der Waals surface area contributed by atoms with Crippen molar-refractivity contribution < 1.29 is 13.2 Å². The van der Waals surface area contributed by atoms with E-state index in [-0.39, 0.29) is 26.7 Å². The summed E-state index contributed by atoms with van der Waals surface area (Å²) in [5.41, 5.74) is -4.31. The number of rotatable bonds is 1. The Labute approximate surface area is 87.0 Å². The number of alkyl halides is 3. The lowest BCUT2D eigenvalue weighted by Crippen LogP contribution is -1.98. The van der Waals surface area contributed by atoms with Gasteiger partial charge in [0.1, 0.15) is 0 Å². The Kier molecular flexibility index (Phi) is 3.38. The summed E-state index contributed by atoms with van der Waals surface area (Å²) in [6.07, 6.45) is 0. The van der Waals surface area contributed by atoms with Crippen molar-refractivity contribution >= 4 is 35.0 Å². The molecule has 0 aliphatic heterocycles. The Balaban J connectivity index is 2.90. The van der Waals surface area contributed by atoms with Crippen molar-refractivity contribution in [2.75, 3.05) is 0 Å². The largest absolute Gasteiger partial charge is 0.446 e. The summed E-state index contributed by atoms with van der Waals surface area (Å²) >= 11 is 10.8. The van der Waals surface area contributed by atoms with Gasteiger partial charge in [0.2, 0.25) is 0 Å². The van der Waals surface area contributed by atoms with E-state index in [9.17, 15) is 13.2 Å². The molecule has 0 radical (unpaired) electrons. The average molecular weight is 247 g/mol. The van der Waals surface area contributed by atoms with Crippen molar-refractivity contribution in [1.82, 2.24) is 0 Å². The summed E-state index contributed by atoms with van der Waals surface area (Å²) < 4.78 is 35.6. The number of hydrogen-bond acceptors (Lipinski definition) is 1. The van der Waals surface area contributed by atoms with Crippen LogP contribution in [0.3, 0.4) is 0 Å². The summed E-state index contributed by atoms with van der Waals surface area (Å²) in [5.74, 6) is 0. The molecular weight excluding hydrogens is 244 g/mol. The predicted octanol–water partition coefficient (Wildman–Crippen LogP) is 4.61. The molecule has 6 heteroatoms. The zero-order chi connectivity index (χ0) is 10.1. The highest BCUT2D eigenvalue weighted by Gasteiger charge is 2.29. The normalized spacial score (nSPS) is 11.8. The Hall–Kier alpha value is -0.0600. The van der Waals surface area contributed by atoms with Crippen LogP contribution in [0.2, 0.25) is 10.0 Å². The highest BCUT2D eigenvalue weighted by Crippen LogP contribution is 2.38. The van der Waals surface area contributed by atoms with Gasteiger partial charge in [-0.25, -0.2) is 0 Å². The van der Waals surface area contributed by atoms with E-state index in [0.29, 0.717) is 0 Å². The molecule has 0 aliphatic rings. The maximum atomic E-state index is 11.9. The maximum absolute atomic E-state index is 11.9. The first-order valence-electron chi connectivity index (χ1n) is 3.09. The molecule has 0 atom stereocenters. The van der Waals surface area contributed by atoms with Crippen LogP contribution in [0, 0.1) is 0 Å². The zero-order valence-corrected chi connectivity index (χ0v) is 8.36. The van der Waals surface area contributed by atoms with Crippen LogP contribution >= 0.6 is 35.0 Å². The first-order valence-corrected chi connectivity index (χ1v) is 4.66. The number of hydrogen-bond donors (Lipinski definition) is 0. The van der Waals surface area contributed by atoms with Crippen molar-refractivity contribution in [3.8, 4) is 0 Å². The zero-order valence-electron chi connectivity index (χ0n) is 6.03. The molecule has 72 valence electrons. The Bertz CT molecular complexity index is 291. The molecule has 1 rings (SSSR count). The molecule has 0 spiro atoms. The van der Waals surface area contributed by atoms with E-state index >= 15 is 0 Å². The number of thioether (sulfide) groups is 1. The van der Waals surface area contributed by atoms with Gasteiger partial charge < -0.3 is 0 Å². The van der Waals surface area contributed by atoms with Crippen molar-refractivity contribution in [2.45, 2.75) is 10.4 Å². The van der Waals surface area contributed by atoms with E-state index in [0.717, 1.165) is 0 Å². The van der Waals surface area contributed by atoms with Crippen LogP contribution in [0.1, 0.15) is 0 Å². The molecular formula is C7H3Cl2F3S. The molecule has 0 bridgehead atoms. The Morgan fingerprint density at radius 3 is 1.85 bits per heavy atom. The van der Waals surface area contributed by atoms with E-state index < -0.39 is 5.51 Å². The topological polar surface area (TPSA) is 0 Å². The Morgan fingerprint density at radius 2 is 1.46 bits per heavy atom. The minimum absolute atomic E-state index is 0.00926. The fourth-order valence-electron chi connectivity index (χ4n) is 0.721. The van der Waals surface area contributed by atoms with Gasteiger partial charge in [-0.05, 0) is 30.0 Å². The van der Waals surface area contributed by atoms with Gasteiger partial charge in [0.25, 0.3) is 0 Å². The molecule has 1 aromatic carbocycles. The van der Waals surface area contributed by atoms with Crippen LogP contribution in [0.25, 0.3) is 0 Å². The molecule has 0 heterocycles. The number of halogens is 5. The predicted molar refractivity (Wildman–Crippen MR) is 48.4 cm³/mol. The second kappa shape index (κ2) is 3.98. The smallest absolute Gasteiger partial charge is 0.160 e. The van der Waals surface area contributed by atoms with Gasteiger partial charge in [0.05, 0.1) is 0 Å². The molecule has 1 aromatic rings. The van der Waals surface area contributed by atoms with Gasteiger partial charge >= 0.3 is 5.51 Å². The van der Waals surface area contributed by atoms with E-state index in [4.69, 9.17) is 23.2 Å². The van der Waals surface area contributed by atoms with E-state index in [1.54, 1.807) is 0 Å². The molecule has 13 heavy (non-hydrogen) atoms. The highest BCUT2D eigenvalue weighted by molar-refractivity contribution is 8.00. The summed E-state index contributed by atoms with van der Waals surface area (Å²) in [6.45, 7) is 0. The minimum Gasteiger partial charge on any atom is -0.160 e. The van der Waals surface area contributed by atoms with Crippen molar-refractivity contribution in [3.63, 3.8) is 0 Å². The minimum atomic E-state index is -4.31. The molecule has 0 N–H and O–H groups in total. The highest BCUT2D eigenvalue weighted by atomic mass is 35.5. The maximum Gasteiger partial charge on any atom is 0.446 e. The summed E-state index contributed by atoms with van der Waals surface area (Å²) in [4.78, 5) is -0.00926. The van der Waals surface area contributed by atoms with Crippen LogP contribution in [0.4, 0.5) is 13.2 Å². The molecule has 0 fully saturated rings. The molecule has 0 unspecified atom stereocenters. The van der Waals surface area contributed by atoms with Crippen LogP contribution < -0.4 is 0 Å². The first-order chi connectivity index (χ1) is 5.87. The third-order valence-corrected chi connectivity index (χ3v) is 2.21. The van der Waals surface area contributed by atoms with Crippen molar-refractivity contribution in [3.05, 3.63) is 28.2 Å². The summed E-state index contributed by atoms with van der Waals surface area (Å²) in [6, 6.07) is 3.81. The van der Waals surface area contributed by atoms with Crippen LogP contribution in [0.5, 0.6) is 0 Å². The Morgan fingerprint density at radius 1 is 1.00 bits per heavy atom. The van der Waals surface area contributed by atoms with E-state index in [2.05, 4.69) is 0 Å². The lowest BCUT2D eigenvalue weighted by molar-refractivity contribution is -0.0328.